The fourth-order valence-corrected chi connectivity index (χ4v) is 5.39. The summed E-state index contributed by atoms with van der Waals surface area (Å²) in [6, 6.07) is 0. The second-order valence-electron chi connectivity index (χ2n) is 9.86. The summed E-state index contributed by atoms with van der Waals surface area (Å²) in [5.41, 5.74) is 0. The van der Waals surface area contributed by atoms with E-state index in [-0.39, 0.29) is 30.0 Å². The molecule has 0 radical (unpaired) electrons. The molecule has 0 aromatic carbocycles. The number of aliphatic hydroxyl groups excluding tert-OH is 2. The molecule has 1 rings (SSSR count). The Hall–Kier alpha value is -1.13. The highest BCUT2D eigenvalue weighted by Gasteiger charge is 2.43. The van der Waals surface area contributed by atoms with E-state index in [9.17, 15) is 23.4 Å². The average molecular weight is 518 g/mol. The molecule has 1 aliphatic rings. The van der Waals surface area contributed by atoms with Crippen LogP contribution in [0.2, 0.25) is 0 Å². The Bertz CT molecular complexity index is 753. The van der Waals surface area contributed by atoms with Crippen molar-refractivity contribution in [3.05, 3.63) is 12.2 Å². The lowest BCUT2D eigenvalue weighted by Crippen LogP contribution is -2.59. The number of hydrogen-bond donors (Lipinski definition) is 3. The van der Waals surface area contributed by atoms with Crippen molar-refractivity contribution in [2.45, 2.75) is 103 Å². The van der Waals surface area contributed by atoms with Gasteiger partial charge in [0.1, 0.15) is 31.5 Å². The van der Waals surface area contributed by atoms with Gasteiger partial charge in [-0.3, -0.25) is 13.8 Å². The lowest BCUT2D eigenvalue weighted by Gasteiger charge is -2.34. The number of rotatable bonds is 22. The molecule has 0 aromatic heterocycles. The van der Waals surface area contributed by atoms with E-state index in [1.165, 1.54) is 44.9 Å². The first-order valence-corrected chi connectivity index (χ1v) is 15.2. The van der Waals surface area contributed by atoms with Crippen molar-refractivity contribution in [1.29, 1.82) is 0 Å². The van der Waals surface area contributed by atoms with Crippen molar-refractivity contribution >= 4 is 21.7 Å². The predicted molar refractivity (Wildman–Crippen MR) is 141 cm³/mol. The molecule has 204 valence electrons. The Kier molecular flexibility index (Phi) is 16.6. The zero-order valence-corrected chi connectivity index (χ0v) is 22.6. The Morgan fingerprint density at radius 2 is 1.57 bits per heavy atom. The standard InChI is InChI=1S/C26H48N2O6S/c1-2-3-4-5-6-7-8-9-10-11-12-13-14-15-16-17-25(31)26-27-18-19-28(26,20-21-29)22-24(30)23-35(32,33)34/h10-11,24,29-30H,2-9,12-23H2,1H3/p+1/b11-10+. The normalized spacial score (nSPS) is 19.4. The fraction of sp³-hybridized carbons (Fsp3) is 0.846. The zero-order chi connectivity index (χ0) is 26.0. The maximum atomic E-state index is 12.8. The van der Waals surface area contributed by atoms with Gasteiger partial charge in [0.05, 0.1) is 13.2 Å². The first kappa shape index (κ1) is 31.9. The van der Waals surface area contributed by atoms with Crippen molar-refractivity contribution in [2.75, 3.05) is 38.5 Å². The molecule has 1 aliphatic heterocycles. The highest BCUT2D eigenvalue weighted by atomic mass is 32.2. The molecular weight excluding hydrogens is 468 g/mol. The maximum absolute atomic E-state index is 12.8. The van der Waals surface area contributed by atoms with Gasteiger partial charge in [-0.25, -0.2) is 4.99 Å². The number of quaternary nitrogens is 1. The van der Waals surface area contributed by atoms with Crippen LogP contribution in [0.3, 0.4) is 0 Å². The van der Waals surface area contributed by atoms with Crippen molar-refractivity contribution in [3.8, 4) is 0 Å². The van der Waals surface area contributed by atoms with Gasteiger partial charge in [0.2, 0.25) is 5.78 Å². The summed E-state index contributed by atoms with van der Waals surface area (Å²) in [7, 11) is -4.33. The summed E-state index contributed by atoms with van der Waals surface area (Å²) in [5, 5.41) is 19.7. The number of hydrogen-bond acceptors (Lipinski definition) is 6. The van der Waals surface area contributed by atoms with Gasteiger partial charge in [0, 0.05) is 6.42 Å². The van der Waals surface area contributed by atoms with Crippen LogP contribution >= 0.6 is 0 Å². The minimum atomic E-state index is -4.33. The lowest BCUT2D eigenvalue weighted by molar-refractivity contribution is -0.837. The number of carbonyl (C=O) groups excluding carboxylic acids is 1. The van der Waals surface area contributed by atoms with E-state index in [0.29, 0.717) is 25.3 Å². The molecule has 1 heterocycles. The molecule has 2 unspecified atom stereocenters. The Labute approximate surface area is 212 Å². The van der Waals surface area contributed by atoms with Crippen LogP contribution in [0.4, 0.5) is 0 Å². The second-order valence-corrected chi connectivity index (χ2v) is 11.4. The largest absolute Gasteiger partial charge is 0.390 e. The van der Waals surface area contributed by atoms with Gasteiger partial charge in [-0.15, -0.1) is 0 Å². The molecule has 2 atom stereocenters. The Morgan fingerprint density at radius 3 is 2.14 bits per heavy atom. The molecule has 0 fully saturated rings. The van der Waals surface area contributed by atoms with Gasteiger partial charge in [-0.05, 0) is 32.1 Å². The van der Waals surface area contributed by atoms with Crippen molar-refractivity contribution in [3.63, 3.8) is 0 Å². The van der Waals surface area contributed by atoms with E-state index in [1.807, 2.05) is 0 Å². The highest BCUT2D eigenvalue weighted by molar-refractivity contribution is 7.85. The minimum absolute atomic E-state index is 0.0322. The summed E-state index contributed by atoms with van der Waals surface area (Å²) in [5.74, 6) is -0.598. The van der Waals surface area contributed by atoms with Gasteiger partial charge < -0.3 is 10.2 Å². The number of amidine groups is 1. The summed E-state index contributed by atoms with van der Waals surface area (Å²) in [6.45, 7) is 2.96. The fourth-order valence-electron chi connectivity index (χ4n) is 4.80. The zero-order valence-electron chi connectivity index (χ0n) is 21.7. The maximum Gasteiger partial charge on any atom is 0.267 e. The number of nitrogens with zero attached hydrogens (tertiary/aromatic N) is 2. The van der Waals surface area contributed by atoms with Gasteiger partial charge in [-0.1, -0.05) is 70.4 Å². The lowest BCUT2D eigenvalue weighted by atomic mass is 10.1. The number of aliphatic imine (C=N–C) groups is 1. The molecule has 35 heavy (non-hydrogen) atoms. The number of ketones is 1. The SMILES string of the molecule is CCCCCCCCC/C=C/CCCCCCC(=O)C1=NCC[N+]1(CCO)CC(O)CS(=O)(=O)O. The van der Waals surface area contributed by atoms with E-state index in [0.717, 1.165) is 38.5 Å². The molecule has 0 saturated heterocycles. The van der Waals surface area contributed by atoms with Crippen LogP contribution in [0.5, 0.6) is 0 Å². The van der Waals surface area contributed by atoms with Crippen molar-refractivity contribution in [2.24, 2.45) is 4.99 Å². The third-order valence-electron chi connectivity index (χ3n) is 6.65. The molecule has 0 spiro atoms. The van der Waals surface area contributed by atoms with Crippen LogP contribution in [-0.2, 0) is 14.9 Å². The summed E-state index contributed by atoms with van der Waals surface area (Å²) < 4.78 is 31.2. The molecule has 0 aromatic rings. The summed E-state index contributed by atoms with van der Waals surface area (Å²) in [6.07, 6.45) is 19.0. The first-order valence-electron chi connectivity index (χ1n) is 13.6. The van der Waals surface area contributed by atoms with Gasteiger partial charge in [-0.2, -0.15) is 8.42 Å². The third-order valence-corrected chi connectivity index (χ3v) is 7.45. The molecule has 0 aliphatic carbocycles. The molecule has 0 bridgehead atoms. The number of unbranched alkanes of at least 4 members (excludes halogenated alkanes) is 11. The first-order chi connectivity index (χ1) is 16.7. The van der Waals surface area contributed by atoms with Crippen LogP contribution in [0.15, 0.2) is 17.1 Å². The topological polar surface area (TPSA) is 124 Å². The van der Waals surface area contributed by atoms with E-state index >= 15 is 0 Å². The number of allylic oxidation sites excluding steroid dienone is 2. The highest BCUT2D eigenvalue weighted by Crippen LogP contribution is 2.20. The molecule has 3 N–H and O–H groups in total. The van der Waals surface area contributed by atoms with Crippen LogP contribution in [0, 0.1) is 0 Å². The van der Waals surface area contributed by atoms with Gasteiger partial charge in [0.25, 0.3) is 16.0 Å². The van der Waals surface area contributed by atoms with Crippen LogP contribution in [-0.4, -0.2) is 83.9 Å². The molecule has 0 saturated carbocycles. The Morgan fingerprint density at radius 1 is 1.00 bits per heavy atom. The molecular formula is C26H49N2O6S+. The van der Waals surface area contributed by atoms with E-state index in [2.05, 4.69) is 24.1 Å². The van der Waals surface area contributed by atoms with E-state index in [4.69, 9.17) is 4.55 Å². The summed E-state index contributed by atoms with van der Waals surface area (Å²) >= 11 is 0. The van der Waals surface area contributed by atoms with E-state index < -0.39 is 22.0 Å². The van der Waals surface area contributed by atoms with E-state index in [1.54, 1.807) is 0 Å². The minimum Gasteiger partial charge on any atom is -0.390 e. The monoisotopic (exact) mass is 517 g/mol. The smallest absolute Gasteiger partial charge is 0.267 e. The number of aliphatic hydroxyl groups is 2. The average Bonchev–Trinajstić information content (AvgIpc) is 3.18. The number of Topliss-reactive ketones (excluding diaryl/α,β-unsaturated/α-hetero) is 1. The van der Waals surface area contributed by atoms with Crippen molar-refractivity contribution in [1.82, 2.24) is 0 Å². The van der Waals surface area contributed by atoms with Gasteiger partial charge >= 0.3 is 0 Å². The van der Waals surface area contributed by atoms with Crippen LogP contribution < -0.4 is 0 Å². The van der Waals surface area contributed by atoms with Crippen LogP contribution in [0.1, 0.15) is 96.8 Å². The van der Waals surface area contributed by atoms with Gasteiger partial charge in [0.15, 0.2) is 0 Å². The van der Waals surface area contributed by atoms with Crippen LogP contribution in [0.25, 0.3) is 0 Å². The summed E-state index contributed by atoms with van der Waals surface area (Å²) in [4.78, 5) is 17.2. The quantitative estimate of drug-likeness (QED) is 0.0861. The third kappa shape index (κ3) is 14.3. The molecule has 0 amide bonds. The second kappa shape index (κ2) is 18.2. The molecule has 8 nitrogen and oxygen atoms in total. The van der Waals surface area contributed by atoms with Crippen molar-refractivity contribution < 1.29 is 32.5 Å². The molecule has 9 heteroatoms. The number of carbonyl (C=O) groups is 1. The Balaban J connectivity index is 2.25. The predicted octanol–water partition coefficient (Wildman–Crippen LogP) is 4.06.